The van der Waals surface area contributed by atoms with Crippen molar-refractivity contribution in [1.82, 2.24) is 14.9 Å². The fourth-order valence-electron chi connectivity index (χ4n) is 2.97. The summed E-state index contributed by atoms with van der Waals surface area (Å²) in [6.45, 7) is 1.10. The summed E-state index contributed by atoms with van der Waals surface area (Å²) in [6, 6.07) is 0. The van der Waals surface area contributed by atoms with Gasteiger partial charge in [0.15, 0.2) is 6.23 Å². The molecule has 2 heterocycles. The van der Waals surface area contributed by atoms with E-state index in [4.69, 9.17) is 15.6 Å². The quantitative estimate of drug-likeness (QED) is 0.225. The molecule has 1 aromatic rings. The highest BCUT2D eigenvalue weighted by molar-refractivity contribution is 5.91. The molecule has 0 unspecified atom stereocenters. The van der Waals surface area contributed by atoms with E-state index < -0.39 is 23.6 Å². The minimum absolute atomic E-state index is 0.157. The standard InChI is InChI=1S/C20H30N4O5/c21-11-5-3-1-2-4-6-12-22-17(26)9-7-15-13-24(20(28)23-19(15)27)18-10-8-16(14-25)29-18/h7-10,13,16,18,25H,1-6,11-12,14,21H2,(H,22,26)(H,23,27,28)/b9-7+/t16-,18+/m1/s1. The number of aromatic amines is 1. The number of carbonyl (C=O) groups excluding carboxylic acids is 1. The van der Waals surface area contributed by atoms with E-state index in [9.17, 15) is 14.4 Å². The number of nitrogens with two attached hydrogens (primary N) is 1. The average Bonchev–Trinajstić information content (AvgIpc) is 3.18. The molecule has 0 saturated heterocycles. The third-order valence-corrected chi connectivity index (χ3v) is 4.60. The van der Waals surface area contributed by atoms with Gasteiger partial charge in [-0.05, 0) is 31.5 Å². The summed E-state index contributed by atoms with van der Waals surface area (Å²) in [7, 11) is 0. The number of nitrogens with one attached hydrogen (secondary N) is 2. The van der Waals surface area contributed by atoms with Gasteiger partial charge in [0.1, 0.15) is 6.10 Å². The molecule has 0 aliphatic carbocycles. The minimum atomic E-state index is -0.720. The Bertz CT molecular complexity index is 827. The van der Waals surface area contributed by atoms with E-state index in [1.807, 2.05) is 0 Å². The van der Waals surface area contributed by atoms with Gasteiger partial charge in [0.05, 0.1) is 12.2 Å². The van der Waals surface area contributed by atoms with Crippen molar-refractivity contribution in [3.05, 3.63) is 50.8 Å². The van der Waals surface area contributed by atoms with Crippen molar-refractivity contribution >= 4 is 12.0 Å². The maximum absolute atomic E-state index is 12.0. The normalized spacial score (nSPS) is 18.6. The molecule has 2 rings (SSSR count). The highest BCUT2D eigenvalue weighted by atomic mass is 16.5. The summed E-state index contributed by atoms with van der Waals surface area (Å²) in [5.74, 6) is -0.303. The van der Waals surface area contributed by atoms with E-state index in [1.165, 1.54) is 22.9 Å². The lowest BCUT2D eigenvalue weighted by atomic mass is 10.1. The van der Waals surface area contributed by atoms with Crippen molar-refractivity contribution in [3.8, 4) is 0 Å². The number of H-pyrrole nitrogens is 1. The molecule has 5 N–H and O–H groups in total. The van der Waals surface area contributed by atoms with Crippen LogP contribution in [0, 0.1) is 0 Å². The van der Waals surface area contributed by atoms with Gasteiger partial charge in [0.25, 0.3) is 5.56 Å². The number of aromatic nitrogens is 2. The zero-order chi connectivity index (χ0) is 21.1. The first-order valence-corrected chi connectivity index (χ1v) is 10.0. The van der Waals surface area contributed by atoms with Crippen molar-refractivity contribution in [1.29, 1.82) is 0 Å². The number of carbonyl (C=O) groups is 1. The van der Waals surface area contributed by atoms with Gasteiger partial charge in [-0.15, -0.1) is 0 Å². The third-order valence-electron chi connectivity index (χ3n) is 4.60. The molecular formula is C20H30N4O5. The van der Waals surface area contributed by atoms with Gasteiger partial charge in [-0.25, -0.2) is 4.79 Å². The van der Waals surface area contributed by atoms with Crippen molar-refractivity contribution in [2.45, 2.75) is 50.9 Å². The number of amides is 1. The number of aliphatic hydroxyl groups is 1. The largest absolute Gasteiger partial charge is 0.393 e. The Labute approximate surface area is 169 Å². The molecule has 1 aromatic heterocycles. The highest BCUT2D eigenvalue weighted by Crippen LogP contribution is 2.19. The first kappa shape index (κ1) is 22.8. The van der Waals surface area contributed by atoms with Crippen LogP contribution < -0.4 is 22.3 Å². The van der Waals surface area contributed by atoms with Crippen LogP contribution in [0.5, 0.6) is 0 Å². The Kier molecular flexibility index (Phi) is 9.55. The minimum Gasteiger partial charge on any atom is -0.393 e. The molecule has 0 radical (unpaired) electrons. The van der Waals surface area contributed by atoms with Gasteiger partial charge < -0.3 is 20.9 Å². The molecule has 0 fully saturated rings. The third kappa shape index (κ3) is 7.45. The van der Waals surface area contributed by atoms with Crippen LogP contribution in [0.3, 0.4) is 0 Å². The lowest BCUT2D eigenvalue weighted by molar-refractivity contribution is -0.116. The zero-order valence-corrected chi connectivity index (χ0v) is 16.5. The number of ether oxygens (including phenoxy) is 1. The average molecular weight is 406 g/mol. The maximum Gasteiger partial charge on any atom is 0.330 e. The zero-order valence-electron chi connectivity index (χ0n) is 16.5. The number of nitrogens with zero attached hydrogens (tertiary/aromatic N) is 1. The second kappa shape index (κ2) is 12.2. The molecule has 1 amide bonds. The summed E-state index contributed by atoms with van der Waals surface area (Å²) < 4.78 is 6.68. The van der Waals surface area contributed by atoms with Crippen LogP contribution >= 0.6 is 0 Å². The van der Waals surface area contributed by atoms with E-state index in [2.05, 4.69) is 10.3 Å². The van der Waals surface area contributed by atoms with Crippen molar-refractivity contribution in [3.63, 3.8) is 0 Å². The van der Waals surface area contributed by atoms with Gasteiger partial charge >= 0.3 is 5.69 Å². The first-order valence-electron chi connectivity index (χ1n) is 10.0. The van der Waals surface area contributed by atoms with Gasteiger partial charge in [-0.3, -0.25) is 19.1 Å². The maximum atomic E-state index is 12.0. The molecular weight excluding hydrogens is 376 g/mol. The molecule has 0 aromatic carbocycles. The lowest BCUT2D eigenvalue weighted by Crippen LogP contribution is -2.33. The van der Waals surface area contributed by atoms with E-state index >= 15 is 0 Å². The van der Waals surface area contributed by atoms with E-state index in [0.29, 0.717) is 6.54 Å². The summed E-state index contributed by atoms with van der Waals surface area (Å²) in [4.78, 5) is 38.2. The fraction of sp³-hybridized carbons (Fsp3) is 0.550. The van der Waals surface area contributed by atoms with Crippen LogP contribution in [-0.2, 0) is 9.53 Å². The molecule has 1 aliphatic heterocycles. The van der Waals surface area contributed by atoms with Crippen LogP contribution in [0.2, 0.25) is 0 Å². The molecule has 0 spiro atoms. The molecule has 29 heavy (non-hydrogen) atoms. The van der Waals surface area contributed by atoms with Crippen LogP contribution in [0.15, 0.2) is 34.0 Å². The van der Waals surface area contributed by atoms with Gasteiger partial charge in [0, 0.05) is 18.8 Å². The first-order chi connectivity index (χ1) is 14.0. The number of rotatable bonds is 12. The molecule has 9 heteroatoms. The second-order valence-electron chi connectivity index (χ2n) is 6.92. The molecule has 0 bridgehead atoms. The Balaban J connectivity index is 1.84. The van der Waals surface area contributed by atoms with E-state index in [1.54, 1.807) is 12.2 Å². The van der Waals surface area contributed by atoms with Crippen LogP contribution in [0.25, 0.3) is 6.08 Å². The smallest absolute Gasteiger partial charge is 0.330 e. The van der Waals surface area contributed by atoms with E-state index in [0.717, 1.165) is 45.1 Å². The summed E-state index contributed by atoms with van der Waals surface area (Å²) in [5.41, 5.74) is 4.39. The highest BCUT2D eigenvalue weighted by Gasteiger charge is 2.21. The number of hydrogen-bond donors (Lipinski definition) is 4. The summed E-state index contributed by atoms with van der Waals surface area (Å²) in [6.07, 6.45) is 12.4. The Morgan fingerprint density at radius 2 is 1.93 bits per heavy atom. The van der Waals surface area contributed by atoms with Crippen molar-refractivity contribution in [2.24, 2.45) is 5.73 Å². The SMILES string of the molecule is NCCCCCCCCNC(=O)/C=C/c1cn([C@@H]2C=C[C@H](CO)O2)c(=O)[nH]c1=O. The van der Waals surface area contributed by atoms with Gasteiger partial charge in [0.2, 0.25) is 5.91 Å². The number of hydrogen-bond acceptors (Lipinski definition) is 6. The number of unbranched alkanes of at least 4 members (excludes halogenated alkanes) is 5. The second-order valence-corrected chi connectivity index (χ2v) is 6.92. The van der Waals surface area contributed by atoms with E-state index in [-0.39, 0.29) is 18.1 Å². The molecule has 160 valence electrons. The fourth-order valence-corrected chi connectivity index (χ4v) is 2.97. The molecule has 1 aliphatic rings. The monoisotopic (exact) mass is 406 g/mol. The van der Waals surface area contributed by atoms with Crippen LogP contribution in [0.4, 0.5) is 0 Å². The van der Waals surface area contributed by atoms with Crippen LogP contribution in [-0.4, -0.2) is 46.4 Å². The summed E-state index contributed by atoms with van der Waals surface area (Å²) >= 11 is 0. The van der Waals surface area contributed by atoms with Crippen LogP contribution in [0.1, 0.15) is 50.3 Å². The van der Waals surface area contributed by atoms with Gasteiger partial charge in [-0.2, -0.15) is 0 Å². The van der Waals surface area contributed by atoms with Crippen molar-refractivity contribution in [2.75, 3.05) is 19.7 Å². The molecule has 2 atom stereocenters. The lowest BCUT2D eigenvalue weighted by Gasteiger charge is -2.15. The predicted molar refractivity (Wildman–Crippen MR) is 110 cm³/mol. The van der Waals surface area contributed by atoms with Crippen molar-refractivity contribution < 1.29 is 14.6 Å². The summed E-state index contributed by atoms with van der Waals surface area (Å²) in [5, 5.41) is 11.9. The Morgan fingerprint density at radius 1 is 1.21 bits per heavy atom. The predicted octanol–water partition coefficient (Wildman–Crippen LogP) is 0.411. The molecule has 0 saturated carbocycles. The topological polar surface area (TPSA) is 139 Å². The Morgan fingerprint density at radius 3 is 2.62 bits per heavy atom. The van der Waals surface area contributed by atoms with Gasteiger partial charge in [-0.1, -0.05) is 31.8 Å². The Hall–Kier alpha value is -2.49. The number of aliphatic hydroxyl groups excluding tert-OH is 1. The molecule has 9 nitrogen and oxygen atoms in total.